The molecule has 0 unspecified atom stereocenters. The number of hydrogen-bond acceptors (Lipinski definition) is 7. The number of carbonyl (C=O) groups excluding carboxylic acids is 1. The number of carbonyl (C=O) groups is 1. The van der Waals surface area contributed by atoms with Crippen LogP contribution in [0, 0.1) is 6.92 Å². The summed E-state index contributed by atoms with van der Waals surface area (Å²) in [7, 11) is 3.15. The van der Waals surface area contributed by atoms with Crippen LogP contribution in [-0.2, 0) is 0 Å². The SMILES string of the molecule is COc1ccc(-c2nnc(S[C@@H](C)C(=O)c3ccc(C)cc3)o2)c(OC)c1. The molecule has 0 saturated carbocycles. The first-order valence-corrected chi connectivity index (χ1v) is 9.23. The van der Waals surface area contributed by atoms with Crippen LogP contribution in [0.1, 0.15) is 22.8 Å². The summed E-state index contributed by atoms with van der Waals surface area (Å²) in [6.45, 7) is 3.81. The maximum absolute atomic E-state index is 12.6. The van der Waals surface area contributed by atoms with Crippen LogP contribution in [0.2, 0.25) is 0 Å². The Hall–Kier alpha value is -2.80. The molecule has 0 fully saturated rings. The predicted molar refractivity (Wildman–Crippen MR) is 104 cm³/mol. The highest BCUT2D eigenvalue weighted by molar-refractivity contribution is 8.00. The van der Waals surface area contributed by atoms with E-state index in [9.17, 15) is 4.79 Å². The number of nitrogens with zero attached hydrogens (tertiary/aromatic N) is 2. The van der Waals surface area contributed by atoms with Crippen LogP contribution < -0.4 is 9.47 Å². The molecule has 0 aliphatic rings. The molecule has 2 aromatic carbocycles. The number of ketones is 1. The van der Waals surface area contributed by atoms with Gasteiger partial charge in [-0.3, -0.25) is 4.79 Å². The molecule has 0 bridgehead atoms. The van der Waals surface area contributed by atoms with Gasteiger partial charge in [0.15, 0.2) is 5.78 Å². The van der Waals surface area contributed by atoms with Gasteiger partial charge in [0.05, 0.1) is 25.0 Å². The molecular formula is C20H20N2O4S. The molecule has 0 saturated heterocycles. The normalized spacial score (nSPS) is 11.9. The van der Waals surface area contributed by atoms with E-state index >= 15 is 0 Å². The number of benzene rings is 2. The van der Waals surface area contributed by atoms with Crippen molar-refractivity contribution in [1.29, 1.82) is 0 Å². The van der Waals surface area contributed by atoms with Gasteiger partial charge in [0.1, 0.15) is 11.5 Å². The standard InChI is InChI=1S/C20H20N2O4S/c1-12-5-7-14(8-6-12)18(23)13(2)27-20-22-21-19(26-20)16-10-9-15(24-3)11-17(16)25-4/h5-11,13H,1-4H3/t13-/m0/s1. The van der Waals surface area contributed by atoms with Gasteiger partial charge < -0.3 is 13.9 Å². The lowest BCUT2D eigenvalue weighted by atomic mass is 10.1. The molecule has 27 heavy (non-hydrogen) atoms. The molecule has 140 valence electrons. The Morgan fingerprint density at radius 3 is 2.48 bits per heavy atom. The Morgan fingerprint density at radius 1 is 1.07 bits per heavy atom. The molecule has 0 radical (unpaired) electrons. The highest BCUT2D eigenvalue weighted by atomic mass is 32.2. The van der Waals surface area contributed by atoms with E-state index in [0.29, 0.717) is 33.7 Å². The summed E-state index contributed by atoms with van der Waals surface area (Å²) in [5.41, 5.74) is 2.44. The predicted octanol–water partition coefficient (Wildman–Crippen LogP) is 4.43. The lowest BCUT2D eigenvalue weighted by molar-refractivity contribution is 0.0993. The van der Waals surface area contributed by atoms with E-state index in [1.807, 2.05) is 38.1 Å². The number of ether oxygens (including phenoxy) is 2. The molecule has 0 N–H and O–H groups in total. The molecule has 0 amide bonds. The van der Waals surface area contributed by atoms with Crippen molar-refractivity contribution < 1.29 is 18.7 Å². The quantitative estimate of drug-likeness (QED) is 0.441. The van der Waals surface area contributed by atoms with Gasteiger partial charge in [-0.25, -0.2) is 0 Å². The van der Waals surface area contributed by atoms with E-state index in [1.54, 1.807) is 32.4 Å². The minimum atomic E-state index is -0.348. The second kappa shape index (κ2) is 8.26. The first kappa shape index (κ1) is 19.0. The van der Waals surface area contributed by atoms with E-state index in [0.717, 1.165) is 5.56 Å². The fraction of sp³-hybridized carbons (Fsp3) is 0.250. The minimum Gasteiger partial charge on any atom is -0.497 e. The van der Waals surface area contributed by atoms with Crippen molar-refractivity contribution in [2.45, 2.75) is 24.3 Å². The third kappa shape index (κ3) is 4.31. The molecule has 3 rings (SSSR count). The Morgan fingerprint density at radius 2 is 1.81 bits per heavy atom. The molecule has 1 atom stereocenters. The molecule has 0 spiro atoms. The summed E-state index contributed by atoms with van der Waals surface area (Å²) in [6.07, 6.45) is 0. The molecule has 3 aromatic rings. The average Bonchev–Trinajstić information content (AvgIpc) is 3.15. The van der Waals surface area contributed by atoms with Gasteiger partial charge in [0.2, 0.25) is 0 Å². The highest BCUT2D eigenvalue weighted by Gasteiger charge is 2.21. The van der Waals surface area contributed by atoms with Crippen molar-refractivity contribution in [3.05, 3.63) is 53.6 Å². The lowest BCUT2D eigenvalue weighted by Crippen LogP contribution is -2.13. The van der Waals surface area contributed by atoms with Gasteiger partial charge >= 0.3 is 0 Å². The zero-order valence-corrected chi connectivity index (χ0v) is 16.4. The van der Waals surface area contributed by atoms with E-state index in [4.69, 9.17) is 13.9 Å². The summed E-state index contributed by atoms with van der Waals surface area (Å²) < 4.78 is 16.3. The molecule has 0 aliphatic carbocycles. The van der Waals surface area contributed by atoms with Crippen molar-refractivity contribution in [3.8, 4) is 23.0 Å². The van der Waals surface area contributed by atoms with Gasteiger partial charge in [-0.05, 0) is 26.0 Å². The monoisotopic (exact) mass is 384 g/mol. The Labute approximate surface area is 161 Å². The first-order chi connectivity index (χ1) is 13.0. The lowest BCUT2D eigenvalue weighted by Gasteiger charge is -2.08. The third-order valence-corrected chi connectivity index (χ3v) is 4.96. The number of hydrogen-bond donors (Lipinski definition) is 0. The molecule has 7 heteroatoms. The zero-order chi connectivity index (χ0) is 19.4. The first-order valence-electron chi connectivity index (χ1n) is 8.35. The summed E-state index contributed by atoms with van der Waals surface area (Å²) in [4.78, 5) is 12.6. The van der Waals surface area contributed by atoms with Crippen LogP contribution in [0.25, 0.3) is 11.5 Å². The van der Waals surface area contributed by atoms with Crippen molar-refractivity contribution >= 4 is 17.5 Å². The van der Waals surface area contributed by atoms with Crippen molar-refractivity contribution in [3.63, 3.8) is 0 Å². The number of aryl methyl sites for hydroxylation is 1. The number of aromatic nitrogens is 2. The number of methoxy groups -OCH3 is 2. The summed E-state index contributed by atoms with van der Waals surface area (Å²) in [6, 6.07) is 12.8. The summed E-state index contributed by atoms with van der Waals surface area (Å²) in [5.74, 6) is 1.58. The Bertz CT molecular complexity index is 937. The van der Waals surface area contributed by atoms with E-state index in [1.165, 1.54) is 11.8 Å². The highest BCUT2D eigenvalue weighted by Crippen LogP contribution is 2.34. The van der Waals surface area contributed by atoms with E-state index in [2.05, 4.69) is 10.2 Å². The van der Waals surface area contributed by atoms with E-state index in [-0.39, 0.29) is 11.0 Å². The summed E-state index contributed by atoms with van der Waals surface area (Å²) >= 11 is 1.23. The Balaban J connectivity index is 1.76. The topological polar surface area (TPSA) is 74.5 Å². The largest absolute Gasteiger partial charge is 0.497 e. The van der Waals surface area contributed by atoms with E-state index < -0.39 is 0 Å². The number of Topliss-reactive ketones (excluding diaryl/α,β-unsaturated/α-hetero) is 1. The van der Waals surface area contributed by atoms with Crippen molar-refractivity contribution in [2.24, 2.45) is 0 Å². The molecular weight excluding hydrogens is 364 g/mol. The van der Waals surface area contributed by atoms with Gasteiger partial charge in [-0.2, -0.15) is 0 Å². The molecule has 6 nitrogen and oxygen atoms in total. The van der Waals surface area contributed by atoms with Gasteiger partial charge in [0.25, 0.3) is 11.1 Å². The number of rotatable bonds is 7. The fourth-order valence-electron chi connectivity index (χ4n) is 2.50. The van der Waals surface area contributed by atoms with Crippen LogP contribution in [0.3, 0.4) is 0 Å². The molecule has 0 aliphatic heterocycles. The van der Waals surface area contributed by atoms with Crippen LogP contribution in [-0.4, -0.2) is 35.5 Å². The zero-order valence-electron chi connectivity index (χ0n) is 15.6. The van der Waals surface area contributed by atoms with Gasteiger partial charge in [-0.15, -0.1) is 10.2 Å². The van der Waals surface area contributed by atoms with Gasteiger partial charge in [-0.1, -0.05) is 41.6 Å². The van der Waals surface area contributed by atoms with Crippen LogP contribution in [0.4, 0.5) is 0 Å². The van der Waals surface area contributed by atoms with Crippen molar-refractivity contribution in [1.82, 2.24) is 10.2 Å². The van der Waals surface area contributed by atoms with Crippen LogP contribution >= 0.6 is 11.8 Å². The van der Waals surface area contributed by atoms with Crippen molar-refractivity contribution in [2.75, 3.05) is 14.2 Å². The van der Waals surface area contributed by atoms with Crippen LogP contribution in [0.15, 0.2) is 52.1 Å². The number of thioether (sulfide) groups is 1. The maximum atomic E-state index is 12.6. The summed E-state index contributed by atoms with van der Waals surface area (Å²) in [5, 5.41) is 8.11. The van der Waals surface area contributed by atoms with Gasteiger partial charge in [0, 0.05) is 11.6 Å². The third-order valence-electron chi connectivity index (χ3n) is 4.03. The average molecular weight is 384 g/mol. The maximum Gasteiger partial charge on any atom is 0.277 e. The minimum absolute atomic E-state index is 0.0155. The van der Waals surface area contributed by atoms with Crippen LogP contribution in [0.5, 0.6) is 11.5 Å². The fourth-order valence-corrected chi connectivity index (χ4v) is 3.26. The second-order valence-corrected chi connectivity index (χ2v) is 7.22. The molecule has 1 aromatic heterocycles. The molecule has 1 heterocycles. The smallest absolute Gasteiger partial charge is 0.277 e. The second-order valence-electron chi connectivity index (χ2n) is 5.93. The Kier molecular flexibility index (Phi) is 5.81.